The summed E-state index contributed by atoms with van der Waals surface area (Å²) in [5.41, 5.74) is 2.42. The normalized spacial score (nSPS) is 17.5. The number of aromatic nitrogens is 2. The van der Waals surface area contributed by atoms with Gasteiger partial charge in [-0.3, -0.25) is 4.98 Å². The summed E-state index contributed by atoms with van der Waals surface area (Å²) in [6.07, 6.45) is 4.15. The number of carbonyl (C=O) groups excluding carboxylic acids is 1. The van der Waals surface area contributed by atoms with Gasteiger partial charge in [0.05, 0.1) is 19.9 Å². The molecular formula is C25H29ClN6O3. The largest absolute Gasteiger partial charge is 0.495 e. The van der Waals surface area contributed by atoms with Gasteiger partial charge in [-0.25, -0.2) is 9.78 Å². The quantitative estimate of drug-likeness (QED) is 0.376. The number of hydrogen-bond donors (Lipinski definition) is 4. The Morgan fingerprint density at radius 2 is 2.00 bits per heavy atom. The van der Waals surface area contributed by atoms with E-state index in [0.717, 1.165) is 23.7 Å². The second kappa shape index (κ2) is 11.7. The highest BCUT2D eigenvalue weighted by Crippen LogP contribution is 2.30. The van der Waals surface area contributed by atoms with Gasteiger partial charge in [0, 0.05) is 65.9 Å². The lowest BCUT2D eigenvalue weighted by molar-refractivity contribution is 0.243. The highest BCUT2D eigenvalue weighted by molar-refractivity contribution is 6.30. The summed E-state index contributed by atoms with van der Waals surface area (Å²) in [6.45, 7) is 1.87. The third-order valence-electron chi connectivity index (χ3n) is 5.92. The van der Waals surface area contributed by atoms with Crippen molar-refractivity contribution in [2.75, 3.05) is 48.9 Å². The SMILES string of the molecule is COc1ccc(C2CN(c3cc(NCCO)ccn3)CCC2NC(=O)Nc2ccc(Cl)cc2)nc1. The fourth-order valence-electron chi connectivity index (χ4n) is 4.13. The Bertz CT molecular complexity index is 1110. The molecule has 2 amide bonds. The molecule has 0 aliphatic carbocycles. The van der Waals surface area contributed by atoms with E-state index in [2.05, 4.69) is 30.8 Å². The Hall–Kier alpha value is -3.56. The molecule has 1 aromatic carbocycles. The lowest BCUT2D eigenvalue weighted by Crippen LogP contribution is -2.51. The number of halogens is 1. The van der Waals surface area contributed by atoms with E-state index in [1.165, 1.54) is 0 Å². The number of ether oxygens (including phenoxy) is 1. The van der Waals surface area contributed by atoms with Crippen LogP contribution in [0.1, 0.15) is 18.0 Å². The molecule has 1 aliphatic heterocycles. The third kappa shape index (κ3) is 6.52. The zero-order valence-electron chi connectivity index (χ0n) is 19.4. The molecule has 3 aromatic rings. The summed E-state index contributed by atoms with van der Waals surface area (Å²) in [7, 11) is 1.61. The summed E-state index contributed by atoms with van der Waals surface area (Å²) >= 11 is 5.94. The molecule has 2 aromatic heterocycles. The molecule has 9 nitrogen and oxygen atoms in total. The van der Waals surface area contributed by atoms with Gasteiger partial charge in [0.2, 0.25) is 0 Å². The predicted octanol–water partition coefficient (Wildman–Crippen LogP) is 3.73. The molecular weight excluding hydrogens is 468 g/mol. The van der Waals surface area contributed by atoms with E-state index in [4.69, 9.17) is 21.4 Å². The maximum Gasteiger partial charge on any atom is 0.319 e. The molecule has 1 saturated heterocycles. The highest BCUT2D eigenvalue weighted by atomic mass is 35.5. The van der Waals surface area contributed by atoms with Crippen molar-refractivity contribution in [2.45, 2.75) is 18.4 Å². The van der Waals surface area contributed by atoms with Gasteiger partial charge < -0.3 is 30.7 Å². The summed E-state index contributed by atoms with van der Waals surface area (Å²) in [6, 6.07) is 14.2. The van der Waals surface area contributed by atoms with Crippen molar-refractivity contribution in [3.63, 3.8) is 0 Å². The molecule has 0 radical (unpaired) electrons. The number of pyridine rings is 2. The number of urea groups is 1. The minimum Gasteiger partial charge on any atom is -0.495 e. The van der Waals surface area contributed by atoms with Crippen molar-refractivity contribution in [3.05, 3.63) is 71.6 Å². The predicted molar refractivity (Wildman–Crippen MR) is 138 cm³/mol. The van der Waals surface area contributed by atoms with Crippen LogP contribution in [0, 0.1) is 0 Å². The maximum absolute atomic E-state index is 12.8. The smallest absolute Gasteiger partial charge is 0.319 e. The number of piperidine rings is 1. The summed E-state index contributed by atoms with van der Waals surface area (Å²) in [4.78, 5) is 24.1. The number of carbonyl (C=O) groups is 1. The van der Waals surface area contributed by atoms with Crippen molar-refractivity contribution in [1.82, 2.24) is 15.3 Å². The van der Waals surface area contributed by atoms with Crippen LogP contribution in [0.5, 0.6) is 5.75 Å². The van der Waals surface area contributed by atoms with Gasteiger partial charge in [0.25, 0.3) is 0 Å². The summed E-state index contributed by atoms with van der Waals surface area (Å²) < 4.78 is 5.26. The maximum atomic E-state index is 12.8. The number of amides is 2. The fraction of sp³-hybridized carbons (Fsp3) is 0.320. The standard InChI is InChI=1S/C25H29ClN6O3/c1-35-20-6-7-22(29-15-20)21-16-32(24-14-19(8-10-28-24)27-11-13-33)12-9-23(21)31-25(34)30-18-4-2-17(26)3-5-18/h2-8,10,14-15,21,23,33H,9,11-13,16H2,1H3,(H,27,28)(H2,30,31,34). The van der Waals surface area contributed by atoms with Crippen molar-refractivity contribution in [1.29, 1.82) is 0 Å². The Morgan fingerprint density at radius 3 is 2.71 bits per heavy atom. The zero-order valence-corrected chi connectivity index (χ0v) is 20.2. The Morgan fingerprint density at radius 1 is 1.17 bits per heavy atom. The van der Waals surface area contributed by atoms with Crippen LogP contribution in [0.25, 0.3) is 0 Å². The number of hydrogen-bond acceptors (Lipinski definition) is 7. The highest BCUT2D eigenvalue weighted by Gasteiger charge is 2.33. The van der Waals surface area contributed by atoms with Gasteiger partial charge in [0.1, 0.15) is 11.6 Å². The summed E-state index contributed by atoms with van der Waals surface area (Å²) in [5, 5.41) is 18.9. The van der Waals surface area contributed by atoms with Crippen LogP contribution in [-0.4, -0.2) is 60.5 Å². The molecule has 4 N–H and O–H groups in total. The molecule has 35 heavy (non-hydrogen) atoms. The van der Waals surface area contributed by atoms with Crippen molar-refractivity contribution in [2.24, 2.45) is 0 Å². The number of nitrogens with one attached hydrogen (secondary N) is 3. The Balaban J connectivity index is 1.51. The number of anilines is 3. The molecule has 2 unspecified atom stereocenters. The number of rotatable bonds is 8. The number of benzene rings is 1. The van der Waals surface area contributed by atoms with Crippen LogP contribution in [0.4, 0.5) is 22.0 Å². The Labute approximate surface area is 209 Å². The third-order valence-corrected chi connectivity index (χ3v) is 6.17. The first-order valence-electron chi connectivity index (χ1n) is 11.4. The van der Waals surface area contributed by atoms with Gasteiger partial charge in [-0.15, -0.1) is 0 Å². The van der Waals surface area contributed by atoms with Crippen LogP contribution in [0.15, 0.2) is 60.9 Å². The first-order chi connectivity index (χ1) is 17.1. The van der Waals surface area contributed by atoms with Gasteiger partial charge in [-0.1, -0.05) is 11.6 Å². The minimum atomic E-state index is -0.280. The molecule has 0 saturated carbocycles. The lowest BCUT2D eigenvalue weighted by atomic mass is 9.88. The zero-order chi connectivity index (χ0) is 24.6. The fourth-order valence-corrected chi connectivity index (χ4v) is 4.26. The van der Waals surface area contributed by atoms with E-state index in [9.17, 15) is 4.79 Å². The minimum absolute atomic E-state index is 0.0536. The van der Waals surface area contributed by atoms with E-state index in [0.29, 0.717) is 36.0 Å². The van der Waals surface area contributed by atoms with E-state index in [1.54, 1.807) is 43.8 Å². The lowest BCUT2D eigenvalue weighted by Gasteiger charge is -2.39. The molecule has 0 spiro atoms. The van der Waals surface area contributed by atoms with Gasteiger partial charge >= 0.3 is 6.03 Å². The van der Waals surface area contributed by atoms with E-state index in [1.807, 2.05) is 24.3 Å². The molecule has 10 heteroatoms. The van der Waals surface area contributed by atoms with Crippen LogP contribution < -0.4 is 25.6 Å². The van der Waals surface area contributed by atoms with Crippen LogP contribution >= 0.6 is 11.6 Å². The number of methoxy groups -OCH3 is 1. The second-order valence-electron chi connectivity index (χ2n) is 8.23. The van der Waals surface area contributed by atoms with Gasteiger partial charge in [0.15, 0.2) is 0 Å². The first-order valence-corrected chi connectivity index (χ1v) is 11.8. The average molecular weight is 497 g/mol. The van der Waals surface area contributed by atoms with Crippen LogP contribution in [-0.2, 0) is 0 Å². The van der Waals surface area contributed by atoms with Crippen molar-refractivity contribution < 1.29 is 14.6 Å². The second-order valence-corrected chi connectivity index (χ2v) is 8.67. The van der Waals surface area contributed by atoms with E-state index >= 15 is 0 Å². The molecule has 184 valence electrons. The van der Waals surface area contributed by atoms with Gasteiger partial charge in [-0.05, 0) is 48.9 Å². The molecule has 1 fully saturated rings. The monoisotopic (exact) mass is 496 g/mol. The average Bonchev–Trinajstić information content (AvgIpc) is 2.89. The molecule has 2 atom stereocenters. The van der Waals surface area contributed by atoms with E-state index in [-0.39, 0.29) is 24.6 Å². The number of aliphatic hydroxyl groups excluding tert-OH is 1. The van der Waals surface area contributed by atoms with Crippen molar-refractivity contribution >= 4 is 34.8 Å². The summed E-state index contributed by atoms with van der Waals surface area (Å²) in [5.74, 6) is 1.44. The molecule has 3 heterocycles. The van der Waals surface area contributed by atoms with Crippen LogP contribution in [0.2, 0.25) is 5.02 Å². The molecule has 4 rings (SSSR count). The number of aliphatic hydroxyl groups is 1. The Kier molecular flexibility index (Phi) is 8.23. The van der Waals surface area contributed by atoms with E-state index < -0.39 is 0 Å². The van der Waals surface area contributed by atoms with Gasteiger partial charge in [-0.2, -0.15) is 0 Å². The van der Waals surface area contributed by atoms with Crippen molar-refractivity contribution in [3.8, 4) is 5.75 Å². The number of nitrogens with zero attached hydrogens (tertiary/aromatic N) is 3. The van der Waals surface area contributed by atoms with Crippen LogP contribution in [0.3, 0.4) is 0 Å². The first kappa shape index (κ1) is 24.6. The topological polar surface area (TPSA) is 112 Å². The molecule has 0 bridgehead atoms. The molecule has 1 aliphatic rings.